The molecule has 1 N–H and O–H groups in total. The highest BCUT2D eigenvalue weighted by molar-refractivity contribution is 7.10. The summed E-state index contributed by atoms with van der Waals surface area (Å²) in [4.78, 5) is 1.47. The molecular weight excluding hydrogens is 238 g/mol. The molecule has 1 heterocycles. The Kier molecular flexibility index (Phi) is 3.48. The lowest BCUT2D eigenvalue weighted by Gasteiger charge is -2.18. The molecule has 1 aliphatic carbocycles. The third kappa shape index (κ3) is 2.65. The van der Waals surface area contributed by atoms with Crippen molar-refractivity contribution in [3.05, 3.63) is 57.8 Å². The first-order valence-corrected chi connectivity index (χ1v) is 7.54. The van der Waals surface area contributed by atoms with Crippen molar-refractivity contribution in [3.63, 3.8) is 0 Å². The van der Waals surface area contributed by atoms with Gasteiger partial charge in [-0.05, 0) is 48.3 Å². The van der Waals surface area contributed by atoms with Crippen LogP contribution in [-0.4, -0.2) is 0 Å². The first-order valence-electron chi connectivity index (χ1n) is 6.66. The van der Waals surface area contributed by atoms with Crippen LogP contribution in [0.1, 0.15) is 34.9 Å². The van der Waals surface area contributed by atoms with Crippen molar-refractivity contribution in [2.75, 3.05) is 0 Å². The van der Waals surface area contributed by atoms with Gasteiger partial charge in [-0.15, -0.1) is 11.3 Å². The molecule has 1 aliphatic rings. The third-order valence-electron chi connectivity index (χ3n) is 3.70. The van der Waals surface area contributed by atoms with Gasteiger partial charge in [0, 0.05) is 17.5 Å². The molecule has 1 nitrogen and oxygen atoms in total. The highest BCUT2D eigenvalue weighted by Gasteiger charge is 2.31. The van der Waals surface area contributed by atoms with E-state index in [-0.39, 0.29) is 0 Å². The Morgan fingerprint density at radius 3 is 2.61 bits per heavy atom. The molecular formula is C16H19NS. The summed E-state index contributed by atoms with van der Waals surface area (Å²) in [6.45, 7) is 3.20. The van der Waals surface area contributed by atoms with Gasteiger partial charge >= 0.3 is 0 Å². The molecule has 0 aliphatic heterocycles. The lowest BCUT2D eigenvalue weighted by molar-refractivity contribution is 0.482. The van der Waals surface area contributed by atoms with Crippen LogP contribution < -0.4 is 5.32 Å². The SMILES string of the molecule is Cc1ccsc1CNC(c1ccccc1)C1CC1. The monoisotopic (exact) mass is 257 g/mol. The number of hydrogen-bond donors (Lipinski definition) is 1. The van der Waals surface area contributed by atoms with Gasteiger partial charge in [-0.3, -0.25) is 0 Å². The standard InChI is InChI=1S/C16H19NS/c1-12-9-10-18-15(12)11-17-16(14-7-8-14)13-5-3-2-4-6-13/h2-6,9-10,14,16-17H,7-8,11H2,1H3. The van der Waals surface area contributed by atoms with Gasteiger partial charge in [0.05, 0.1) is 0 Å². The maximum absolute atomic E-state index is 3.75. The number of aryl methyl sites for hydroxylation is 1. The molecule has 1 saturated carbocycles. The van der Waals surface area contributed by atoms with Gasteiger partial charge in [0.2, 0.25) is 0 Å². The molecule has 0 radical (unpaired) electrons. The maximum atomic E-state index is 3.75. The summed E-state index contributed by atoms with van der Waals surface area (Å²) in [7, 11) is 0. The summed E-state index contributed by atoms with van der Waals surface area (Å²) in [6.07, 6.45) is 2.74. The normalized spacial score (nSPS) is 16.7. The van der Waals surface area contributed by atoms with Crippen LogP contribution in [-0.2, 0) is 6.54 Å². The second kappa shape index (κ2) is 5.25. The molecule has 0 bridgehead atoms. The Labute approximate surface area is 113 Å². The number of benzene rings is 1. The van der Waals surface area contributed by atoms with Crippen molar-refractivity contribution in [2.45, 2.75) is 32.4 Å². The van der Waals surface area contributed by atoms with Crippen molar-refractivity contribution in [3.8, 4) is 0 Å². The van der Waals surface area contributed by atoms with Crippen LogP contribution in [0.5, 0.6) is 0 Å². The van der Waals surface area contributed by atoms with Gasteiger partial charge in [0.25, 0.3) is 0 Å². The topological polar surface area (TPSA) is 12.0 Å². The Morgan fingerprint density at radius 1 is 1.22 bits per heavy atom. The van der Waals surface area contributed by atoms with E-state index in [0.29, 0.717) is 6.04 Å². The van der Waals surface area contributed by atoms with E-state index in [9.17, 15) is 0 Å². The van der Waals surface area contributed by atoms with Gasteiger partial charge in [-0.1, -0.05) is 30.3 Å². The van der Waals surface area contributed by atoms with Gasteiger partial charge in [0.15, 0.2) is 0 Å². The number of hydrogen-bond acceptors (Lipinski definition) is 2. The molecule has 1 aromatic heterocycles. The third-order valence-corrected chi connectivity index (χ3v) is 4.73. The molecule has 0 spiro atoms. The van der Waals surface area contributed by atoms with E-state index in [1.807, 2.05) is 11.3 Å². The summed E-state index contributed by atoms with van der Waals surface area (Å²) in [5.41, 5.74) is 2.85. The molecule has 2 aromatic rings. The molecule has 1 atom stereocenters. The Bertz CT molecular complexity index is 499. The average molecular weight is 257 g/mol. The van der Waals surface area contributed by atoms with Crippen molar-refractivity contribution in [2.24, 2.45) is 5.92 Å². The zero-order chi connectivity index (χ0) is 12.4. The van der Waals surface area contributed by atoms with E-state index < -0.39 is 0 Å². The summed E-state index contributed by atoms with van der Waals surface area (Å²) in [5.74, 6) is 0.840. The van der Waals surface area contributed by atoms with Crippen LogP contribution in [0.3, 0.4) is 0 Å². The van der Waals surface area contributed by atoms with Crippen molar-refractivity contribution in [1.29, 1.82) is 0 Å². The van der Waals surface area contributed by atoms with E-state index in [0.717, 1.165) is 12.5 Å². The summed E-state index contributed by atoms with van der Waals surface area (Å²) >= 11 is 1.86. The lowest BCUT2D eigenvalue weighted by atomic mass is 10.0. The highest BCUT2D eigenvalue weighted by Crippen LogP contribution is 2.41. The van der Waals surface area contributed by atoms with E-state index in [1.165, 1.54) is 28.8 Å². The molecule has 0 saturated heterocycles. The summed E-state index contributed by atoms with van der Waals surface area (Å²) < 4.78 is 0. The lowest BCUT2D eigenvalue weighted by Crippen LogP contribution is -2.22. The number of rotatable bonds is 5. The van der Waals surface area contributed by atoms with Crippen LogP contribution in [0.4, 0.5) is 0 Å². The van der Waals surface area contributed by atoms with Crippen LogP contribution in [0.2, 0.25) is 0 Å². The molecule has 3 rings (SSSR count). The minimum absolute atomic E-state index is 0.535. The van der Waals surface area contributed by atoms with Crippen molar-refractivity contribution in [1.82, 2.24) is 5.32 Å². The first kappa shape index (κ1) is 11.9. The Balaban J connectivity index is 1.70. The predicted molar refractivity (Wildman–Crippen MR) is 77.8 cm³/mol. The predicted octanol–water partition coefficient (Wildman–Crippen LogP) is 4.30. The van der Waals surface area contributed by atoms with Crippen LogP contribution >= 0.6 is 11.3 Å². The van der Waals surface area contributed by atoms with Gasteiger partial charge in [0.1, 0.15) is 0 Å². The zero-order valence-corrected chi connectivity index (χ0v) is 11.5. The first-order chi connectivity index (χ1) is 8.84. The van der Waals surface area contributed by atoms with Crippen molar-refractivity contribution < 1.29 is 0 Å². The largest absolute Gasteiger partial charge is 0.305 e. The molecule has 94 valence electrons. The Morgan fingerprint density at radius 2 is 2.00 bits per heavy atom. The minimum atomic E-state index is 0.535. The Hall–Kier alpha value is -1.12. The second-order valence-corrected chi connectivity index (χ2v) is 6.13. The number of thiophene rings is 1. The molecule has 2 heteroatoms. The molecule has 1 aromatic carbocycles. The van der Waals surface area contributed by atoms with Crippen molar-refractivity contribution >= 4 is 11.3 Å². The van der Waals surface area contributed by atoms with Gasteiger partial charge < -0.3 is 5.32 Å². The van der Waals surface area contributed by atoms with E-state index in [1.54, 1.807) is 0 Å². The van der Waals surface area contributed by atoms with E-state index in [4.69, 9.17) is 0 Å². The smallest absolute Gasteiger partial charge is 0.0351 e. The van der Waals surface area contributed by atoms with Crippen LogP contribution in [0.15, 0.2) is 41.8 Å². The fourth-order valence-corrected chi connectivity index (χ4v) is 3.29. The van der Waals surface area contributed by atoms with Gasteiger partial charge in [-0.25, -0.2) is 0 Å². The van der Waals surface area contributed by atoms with Crippen LogP contribution in [0.25, 0.3) is 0 Å². The fraction of sp³-hybridized carbons (Fsp3) is 0.375. The fourth-order valence-electron chi connectivity index (χ4n) is 2.43. The van der Waals surface area contributed by atoms with Crippen LogP contribution in [0, 0.1) is 12.8 Å². The quantitative estimate of drug-likeness (QED) is 0.842. The minimum Gasteiger partial charge on any atom is -0.305 e. The average Bonchev–Trinajstić information content (AvgIpc) is 3.15. The summed E-state index contributed by atoms with van der Waals surface area (Å²) in [5, 5.41) is 5.93. The van der Waals surface area contributed by atoms with Gasteiger partial charge in [-0.2, -0.15) is 0 Å². The maximum Gasteiger partial charge on any atom is 0.0351 e. The van der Waals surface area contributed by atoms with E-state index >= 15 is 0 Å². The molecule has 18 heavy (non-hydrogen) atoms. The second-order valence-electron chi connectivity index (χ2n) is 5.13. The number of nitrogens with one attached hydrogen (secondary N) is 1. The highest BCUT2D eigenvalue weighted by atomic mass is 32.1. The molecule has 0 amide bonds. The zero-order valence-electron chi connectivity index (χ0n) is 10.7. The molecule has 1 fully saturated rings. The van der Waals surface area contributed by atoms with E-state index in [2.05, 4.69) is 54.0 Å². The summed E-state index contributed by atoms with van der Waals surface area (Å²) in [6, 6.07) is 13.6. The molecule has 1 unspecified atom stereocenters.